The summed E-state index contributed by atoms with van der Waals surface area (Å²) in [6.07, 6.45) is 0. The number of nitrogens with two attached hydrogens (primary N) is 1. The number of rotatable bonds is 2. The normalized spacial score (nSPS) is 11.4. The molecule has 0 atom stereocenters. The number of nitrogens with one attached hydrogen (secondary N) is 1. The van der Waals surface area contributed by atoms with Gasteiger partial charge in [0.05, 0.1) is 11.2 Å². The van der Waals surface area contributed by atoms with Gasteiger partial charge in [-0.1, -0.05) is 42.5 Å². The maximum Gasteiger partial charge on any atom is 0.238 e. The average molecular weight is 326 g/mol. The van der Waals surface area contributed by atoms with Gasteiger partial charge in [0.25, 0.3) is 0 Å². The number of hydrogen-bond donors (Lipinski definition) is 2. The van der Waals surface area contributed by atoms with Gasteiger partial charge in [-0.3, -0.25) is 5.43 Å². The zero-order chi connectivity index (χ0) is 16.8. The van der Waals surface area contributed by atoms with Crippen LogP contribution in [0.15, 0.2) is 71.1 Å². The van der Waals surface area contributed by atoms with Crippen molar-refractivity contribution in [3.8, 4) is 11.3 Å². The van der Waals surface area contributed by atoms with Crippen molar-refractivity contribution in [2.24, 2.45) is 5.84 Å². The molecule has 0 amide bonds. The maximum atomic E-state index is 6.00. The third-order valence-electron chi connectivity index (χ3n) is 4.38. The minimum Gasteiger partial charge on any atom is -0.456 e. The smallest absolute Gasteiger partial charge is 0.238 e. The summed E-state index contributed by atoms with van der Waals surface area (Å²) in [7, 11) is 0. The molecule has 3 N–H and O–H groups in total. The standard InChI is InChI=1S/C20H14N4O/c21-24-20-22-16-7-3-1-6-15(16)19(23-20)12-9-10-14-13-5-2-4-8-17(13)25-18(14)11-12/h1-11H,21H2,(H,22,23,24). The minimum absolute atomic E-state index is 0.387. The first kappa shape index (κ1) is 13.9. The highest BCUT2D eigenvalue weighted by atomic mass is 16.3. The van der Waals surface area contributed by atoms with Crippen LogP contribution in [0.25, 0.3) is 44.1 Å². The van der Waals surface area contributed by atoms with E-state index < -0.39 is 0 Å². The molecule has 0 spiro atoms. The number of hydrogen-bond acceptors (Lipinski definition) is 5. The number of aromatic nitrogens is 2. The molecule has 0 saturated carbocycles. The number of nitrogen functional groups attached to an aromatic ring is 1. The van der Waals surface area contributed by atoms with E-state index in [2.05, 4.69) is 33.6 Å². The number of benzene rings is 3. The third-order valence-corrected chi connectivity index (χ3v) is 4.38. The number of furan rings is 1. The van der Waals surface area contributed by atoms with Crippen molar-refractivity contribution in [1.29, 1.82) is 0 Å². The van der Waals surface area contributed by atoms with Crippen molar-refractivity contribution in [2.45, 2.75) is 0 Å². The molecular weight excluding hydrogens is 312 g/mol. The Kier molecular flexibility index (Phi) is 2.95. The van der Waals surface area contributed by atoms with Crippen LogP contribution in [0.5, 0.6) is 0 Å². The van der Waals surface area contributed by atoms with Crippen LogP contribution in [0.1, 0.15) is 0 Å². The van der Waals surface area contributed by atoms with Crippen molar-refractivity contribution < 1.29 is 4.42 Å². The first-order chi connectivity index (χ1) is 12.3. The van der Waals surface area contributed by atoms with E-state index in [0.717, 1.165) is 44.1 Å². The largest absolute Gasteiger partial charge is 0.456 e. The average Bonchev–Trinajstić information content (AvgIpc) is 3.04. The van der Waals surface area contributed by atoms with E-state index in [1.807, 2.05) is 48.5 Å². The van der Waals surface area contributed by atoms with Crippen LogP contribution in [-0.4, -0.2) is 9.97 Å². The van der Waals surface area contributed by atoms with Crippen molar-refractivity contribution in [3.05, 3.63) is 66.7 Å². The fraction of sp³-hybridized carbons (Fsp3) is 0. The molecule has 0 bridgehead atoms. The van der Waals surface area contributed by atoms with E-state index in [1.165, 1.54) is 0 Å². The molecule has 120 valence electrons. The Bertz CT molecular complexity index is 1240. The summed E-state index contributed by atoms with van der Waals surface area (Å²) in [6.45, 7) is 0. The number of hydrazine groups is 1. The van der Waals surface area contributed by atoms with Crippen molar-refractivity contribution in [1.82, 2.24) is 9.97 Å². The van der Waals surface area contributed by atoms with Gasteiger partial charge in [-0.25, -0.2) is 15.8 Å². The third kappa shape index (κ3) is 2.14. The molecule has 5 nitrogen and oxygen atoms in total. The molecule has 0 saturated heterocycles. The molecule has 5 aromatic rings. The molecule has 0 radical (unpaired) electrons. The molecule has 0 aliphatic carbocycles. The Morgan fingerprint density at radius 1 is 0.760 bits per heavy atom. The minimum atomic E-state index is 0.387. The van der Waals surface area contributed by atoms with Crippen molar-refractivity contribution in [3.63, 3.8) is 0 Å². The quantitative estimate of drug-likeness (QED) is 0.369. The zero-order valence-corrected chi connectivity index (χ0v) is 13.2. The summed E-state index contributed by atoms with van der Waals surface area (Å²) in [4.78, 5) is 8.97. The Morgan fingerprint density at radius 3 is 2.40 bits per heavy atom. The van der Waals surface area contributed by atoms with Crippen molar-refractivity contribution in [2.75, 3.05) is 5.43 Å². The summed E-state index contributed by atoms with van der Waals surface area (Å²) in [5.74, 6) is 5.92. The molecule has 3 aromatic carbocycles. The van der Waals surface area contributed by atoms with Gasteiger partial charge in [0.15, 0.2) is 0 Å². The van der Waals surface area contributed by atoms with Gasteiger partial charge in [-0.05, 0) is 24.3 Å². The van der Waals surface area contributed by atoms with E-state index in [0.29, 0.717) is 5.95 Å². The predicted octanol–water partition coefficient (Wildman–Crippen LogP) is 4.48. The number of fused-ring (bicyclic) bond motifs is 4. The fourth-order valence-electron chi connectivity index (χ4n) is 3.23. The molecule has 0 aliphatic rings. The van der Waals surface area contributed by atoms with Crippen molar-refractivity contribution >= 4 is 38.8 Å². The SMILES string of the molecule is NNc1nc(-c2ccc3c(c2)oc2ccccc23)c2ccccc2n1. The Balaban J connectivity index is 1.80. The number of para-hydroxylation sites is 2. The molecule has 2 aromatic heterocycles. The summed E-state index contributed by atoms with van der Waals surface area (Å²) in [6, 6.07) is 22.1. The Hall–Kier alpha value is -3.44. The first-order valence-electron chi connectivity index (χ1n) is 7.98. The molecule has 5 heteroatoms. The molecule has 2 heterocycles. The zero-order valence-electron chi connectivity index (χ0n) is 13.2. The Labute approximate surface area is 143 Å². The van der Waals surface area contributed by atoms with Gasteiger partial charge < -0.3 is 4.42 Å². The molecule has 5 rings (SSSR count). The molecule has 0 unspecified atom stereocenters. The van der Waals surface area contributed by atoms with E-state index in [1.54, 1.807) is 0 Å². The molecule has 25 heavy (non-hydrogen) atoms. The molecule has 0 aliphatic heterocycles. The van der Waals surface area contributed by atoms with Crippen LogP contribution in [0.2, 0.25) is 0 Å². The fourth-order valence-corrected chi connectivity index (χ4v) is 3.23. The van der Waals surface area contributed by atoms with E-state index in [4.69, 9.17) is 10.3 Å². The van der Waals surface area contributed by atoms with Gasteiger partial charge in [0.2, 0.25) is 5.95 Å². The van der Waals surface area contributed by atoms with E-state index >= 15 is 0 Å². The predicted molar refractivity (Wildman–Crippen MR) is 100 cm³/mol. The maximum absolute atomic E-state index is 6.00. The van der Waals surface area contributed by atoms with Gasteiger partial charge in [0, 0.05) is 21.7 Å². The topological polar surface area (TPSA) is 77.0 Å². The van der Waals surface area contributed by atoms with Gasteiger partial charge in [-0.2, -0.15) is 0 Å². The lowest BCUT2D eigenvalue weighted by molar-refractivity contribution is 0.669. The van der Waals surface area contributed by atoms with Gasteiger partial charge in [0.1, 0.15) is 11.2 Å². The summed E-state index contributed by atoms with van der Waals surface area (Å²) < 4.78 is 6.00. The lowest BCUT2D eigenvalue weighted by atomic mass is 10.0. The summed E-state index contributed by atoms with van der Waals surface area (Å²) in [5, 5.41) is 3.17. The van der Waals surface area contributed by atoms with Gasteiger partial charge >= 0.3 is 0 Å². The van der Waals surface area contributed by atoms with Crippen LogP contribution < -0.4 is 11.3 Å². The monoisotopic (exact) mass is 326 g/mol. The first-order valence-corrected chi connectivity index (χ1v) is 7.98. The highest BCUT2D eigenvalue weighted by Gasteiger charge is 2.12. The lowest BCUT2D eigenvalue weighted by Crippen LogP contribution is -2.11. The van der Waals surface area contributed by atoms with Gasteiger partial charge in [-0.15, -0.1) is 0 Å². The Morgan fingerprint density at radius 2 is 1.52 bits per heavy atom. The highest BCUT2D eigenvalue weighted by molar-refractivity contribution is 6.06. The van der Waals surface area contributed by atoms with E-state index in [9.17, 15) is 0 Å². The molecular formula is C20H14N4O. The second-order valence-electron chi connectivity index (χ2n) is 5.87. The van der Waals surface area contributed by atoms with Crippen LogP contribution in [0.4, 0.5) is 5.95 Å². The highest BCUT2D eigenvalue weighted by Crippen LogP contribution is 2.33. The van der Waals surface area contributed by atoms with E-state index in [-0.39, 0.29) is 0 Å². The number of anilines is 1. The lowest BCUT2D eigenvalue weighted by Gasteiger charge is -2.08. The second kappa shape index (κ2) is 5.29. The van der Waals surface area contributed by atoms with Crippen LogP contribution in [0.3, 0.4) is 0 Å². The van der Waals surface area contributed by atoms with Crippen LogP contribution in [0, 0.1) is 0 Å². The second-order valence-corrected chi connectivity index (χ2v) is 5.87. The van der Waals surface area contributed by atoms with Crippen LogP contribution >= 0.6 is 0 Å². The number of nitrogens with zero attached hydrogens (tertiary/aromatic N) is 2. The van der Waals surface area contributed by atoms with Crippen LogP contribution in [-0.2, 0) is 0 Å². The summed E-state index contributed by atoms with van der Waals surface area (Å²) >= 11 is 0. The molecule has 0 fully saturated rings. The summed E-state index contributed by atoms with van der Waals surface area (Å²) in [5.41, 5.74) is 6.88.